The Hall–Kier alpha value is 0.110. The van der Waals surface area contributed by atoms with Crippen molar-refractivity contribution in [3.05, 3.63) is 0 Å². The Balaban J connectivity index is -0.000000157. The summed E-state index contributed by atoms with van der Waals surface area (Å²) in [5.41, 5.74) is 0. The van der Waals surface area contributed by atoms with Crippen molar-refractivity contribution in [3.63, 3.8) is 0 Å². The van der Waals surface area contributed by atoms with Gasteiger partial charge in [-0.25, -0.2) is 0 Å². The van der Waals surface area contributed by atoms with E-state index in [1.165, 1.54) is 70.6 Å². The van der Waals surface area contributed by atoms with Gasteiger partial charge < -0.3 is 9.53 Å². The van der Waals surface area contributed by atoms with Gasteiger partial charge in [0.05, 0.1) is 0 Å². The first-order valence-electron chi connectivity index (χ1n) is 10.8. The lowest BCUT2D eigenvalue weighted by Gasteiger charge is -2.01. The molecule has 0 fully saturated rings. The Bertz CT molecular complexity index is 165. The van der Waals surface area contributed by atoms with E-state index in [0.29, 0.717) is 0 Å². The van der Waals surface area contributed by atoms with E-state index in [1.807, 2.05) is 27.7 Å². The monoisotopic (exact) mass is 424 g/mol. The van der Waals surface area contributed by atoms with Crippen molar-refractivity contribution in [2.75, 3.05) is 19.0 Å². The fraction of sp³-hybridized carbons (Fsp3) is 0.955. The molecule has 0 heterocycles. The number of alkyl halides is 1. The maximum Gasteiger partial charge on any atom is 0.119 e. The summed E-state index contributed by atoms with van der Waals surface area (Å²) >= 11 is 3.31. The number of carbonyl (C=O) groups excluding carboxylic acids is 1. The predicted octanol–water partition coefficient (Wildman–Crippen LogP) is 8.36. The summed E-state index contributed by atoms with van der Waals surface area (Å²) in [6.45, 7) is 11.2. The average molecular weight is 426 g/mol. The molecule has 0 N–H and O–H groups in total. The number of hydrogen-bond acceptors (Lipinski definition) is 2. The topological polar surface area (TPSA) is 26.3 Å². The molecule has 0 rings (SSSR count). The standard InChI is InChI=1S/C12H26O.C6H11BrO.2C2H6/c1-3-4-5-6-7-8-9-10-11-12-13-2;7-5-3-1-2-4-6-8;2*1-2/h3-12H2,1-2H3;6H,1-5H2;2*1-2H3. The maximum atomic E-state index is 9.76. The summed E-state index contributed by atoms with van der Waals surface area (Å²) in [5, 5.41) is 1.06. The van der Waals surface area contributed by atoms with Crippen molar-refractivity contribution in [3.8, 4) is 0 Å². The van der Waals surface area contributed by atoms with Gasteiger partial charge in [0.2, 0.25) is 0 Å². The second-order valence-electron chi connectivity index (χ2n) is 5.53. The number of halogens is 1. The lowest BCUT2D eigenvalue weighted by atomic mass is 10.1. The summed E-state index contributed by atoms with van der Waals surface area (Å²) in [7, 11) is 1.78. The molecular weight excluding hydrogens is 376 g/mol. The summed E-state index contributed by atoms with van der Waals surface area (Å²) in [4.78, 5) is 9.76. The summed E-state index contributed by atoms with van der Waals surface area (Å²) in [6, 6.07) is 0. The minimum Gasteiger partial charge on any atom is -0.385 e. The zero-order chi connectivity index (χ0) is 20.0. The maximum absolute atomic E-state index is 9.76. The van der Waals surface area contributed by atoms with E-state index in [0.717, 1.165) is 31.1 Å². The molecule has 0 bridgehead atoms. The van der Waals surface area contributed by atoms with E-state index in [-0.39, 0.29) is 0 Å². The molecule has 2 nitrogen and oxygen atoms in total. The van der Waals surface area contributed by atoms with Gasteiger partial charge >= 0.3 is 0 Å². The first kappa shape index (κ1) is 32.8. The molecule has 0 saturated heterocycles. The first-order valence-corrected chi connectivity index (χ1v) is 11.9. The lowest BCUT2D eigenvalue weighted by Crippen LogP contribution is -1.88. The summed E-state index contributed by atoms with van der Waals surface area (Å²) in [6.07, 6.45) is 17.6. The van der Waals surface area contributed by atoms with Crippen LogP contribution in [0.15, 0.2) is 0 Å². The Labute approximate surface area is 169 Å². The summed E-state index contributed by atoms with van der Waals surface area (Å²) in [5.74, 6) is 0. The predicted molar refractivity (Wildman–Crippen MR) is 120 cm³/mol. The molecule has 0 aliphatic heterocycles. The smallest absolute Gasteiger partial charge is 0.119 e. The van der Waals surface area contributed by atoms with Crippen molar-refractivity contribution < 1.29 is 9.53 Å². The molecule has 0 spiro atoms. The number of hydrogen-bond donors (Lipinski definition) is 0. The van der Waals surface area contributed by atoms with Crippen molar-refractivity contribution in [1.29, 1.82) is 0 Å². The van der Waals surface area contributed by atoms with Gasteiger partial charge in [0, 0.05) is 25.5 Å². The van der Waals surface area contributed by atoms with Crippen molar-refractivity contribution in [2.24, 2.45) is 0 Å². The second kappa shape index (κ2) is 44.0. The molecule has 25 heavy (non-hydrogen) atoms. The quantitative estimate of drug-likeness (QED) is 0.150. The van der Waals surface area contributed by atoms with Crippen LogP contribution in [-0.2, 0) is 9.53 Å². The zero-order valence-corrected chi connectivity index (χ0v) is 20.0. The largest absolute Gasteiger partial charge is 0.385 e. The molecule has 0 atom stereocenters. The van der Waals surface area contributed by atoms with E-state index in [9.17, 15) is 4.79 Å². The van der Waals surface area contributed by atoms with Gasteiger partial charge in [-0.05, 0) is 19.3 Å². The lowest BCUT2D eigenvalue weighted by molar-refractivity contribution is -0.107. The van der Waals surface area contributed by atoms with Crippen LogP contribution < -0.4 is 0 Å². The molecule has 0 aliphatic carbocycles. The number of unbranched alkanes of at least 4 members (excludes halogenated alkanes) is 11. The van der Waals surface area contributed by atoms with E-state index in [4.69, 9.17) is 4.74 Å². The second-order valence-corrected chi connectivity index (χ2v) is 6.32. The van der Waals surface area contributed by atoms with Crippen LogP contribution in [-0.4, -0.2) is 25.3 Å². The summed E-state index contributed by atoms with van der Waals surface area (Å²) < 4.78 is 5.00. The van der Waals surface area contributed by atoms with Crippen molar-refractivity contribution in [2.45, 2.75) is 118 Å². The van der Waals surface area contributed by atoms with Crippen LogP contribution in [0.3, 0.4) is 0 Å². The molecule has 3 heteroatoms. The number of carbonyl (C=O) groups is 1. The van der Waals surface area contributed by atoms with E-state index in [1.54, 1.807) is 7.11 Å². The molecule has 0 unspecified atom stereocenters. The SMILES string of the molecule is CC.CC.CCCCCCCCCCCOC.O=CCCCCCBr. The van der Waals surface area contributed by atoms with Crippen LogP contribution in [0.4, 0.5) is 0 Å². The minimum absolute atomic E-state index is 0.729. The third-order valence-electron chi connectivity index (χ3n) is 3.41. The van der Waals surface area contributed by atoms with Crippen LogP contribution in [0.5, 0.6) is 0 Å². The van der Waals surface area contributed by atoms with Crippen LogP contribution in [0.25, 0.3) is 0 Å². The van der Waals surface area contributed by atoms with E-state index < -0.39 is 0 Å². The molecule has 0 aromatic rings. The van der Waals surface area contributed by atoms with Gasteiger partial charge in [-0.2, -0.15) is 0 Å². The molecule has 0 saturated carbocycles. The van der Waals surface area contributed by atoms with Crippen molar-refractivity contribution >= 4 is 22.2 Å². The molecule has 0 aromatic heterocycles. The van der Waals surface area contributed by atoms with Crippen LogP contribution >= 0.6 is 15.9 Å². The van der Waals surface area contributed by atoms with Gasteiger partial charge in [-0.3, -0.25) is 0 Å². The normalized spacial score (nSPS) is 8.92. The fourth-order valence-corrected chi connectivity index (χ4v) is 2.45. The van der Waals surface area contributed by atoms with Gasteiger partial charge in [0.15, 0.2) is 0 Å². The molecule has 0 aromatic carbocycles. The Morgan fingerprint density at radius 2 is 1.16 bits per heavy atom. The highest BCUT2D eigenvalue weighted by molar-refractivity contribution is 9.09. The fourth-order valence-electron chi connectivity index (χ4n) is 2.06. The zero-order valence-electron chi connectivity index (χ0n) is 18.4. The third-order valence-corrected chi connectivity index (χ3v) is 3.97. The van der Waals surface area contributed by atoms with Crippen LogP contribution in [0, 0.1) is 0 Å². The number of aldehydes is 1. The van der Waals surface area contributed by atoms with Gasteiger partial charge in [0.25, 0.3) is 0 Å². The van der Waals surface area contributed by atoms with Gasteiger partial charge in [-0.1, -0.05) is 108 Å². The highest BCUT2D eigenvalue weighted by Crippen LogP contribution is 2.09. The van der Waals surface area contributed by atoms with Gasteiger partial charge in [-0.15, -0.1) is 0 Å². The Morgan fingerprint density at radius 3 is 1.56 bits per heavy atom. The third kappa shape index (κ3) is 51.6. The molecular formula is C22H49BrO2. The number of ether oxygens (including phenoxy) is 1. The Kier molecular flexibility index (Phi) is 57.6. The van der Waals surface area contributed by atoms with Crippen molar-refractivity contribution in [1.82, 2.24) is 0 Å². The highest BCUT2D eigenvalue weighted by Gasteiger charge is 1.91. The van der Waals surface area contributed by atoms with Crippen LogP contribution in [0.2, 0.25) is 0 Å². The molecule has 0 amide bonds. The van der Waals surface area contributed by atoms with Crippen LogP contribution in [0.1, 0.15) is 118 Å². The minimum atomic E-state index is 0.729. The van der Waals surface area contributed by atoms with E-state index >= 15 is 0 Å². The molecule has 0 radical (unpaired) electrons. The van der Waals surface area contributed by atoms with Gasteiger partial charge in [0.1, 0.15) is 6.29 Å². The highest BCUT2D eigenvalue weighted by atomic mass is 79.9. The number of methoxy groups -OCH3 is 1. The molecule has 0 aliphatic rings. The van der Waals surface area contributed by atoms with E-state index in [2.05, 4.69) is 22.9 Å². The number of rotatable bonds is 15. The Morgan fingerprint density at radius 1 is 0.720 bits per heavy atom. The first-order chi connectivity index (χ1) is 12.3. The average Bonchev–Trinajstić information content (AvgIpc) is 2.68. The molecule has 156 valence electrons.